The predicted molar refractivity (Wildman–Crippen MR) is 249 cm³/mol. The van der Waals surface area contributed by atoms with Gasteiger partial charge in [0.15, 0.2) is 0 Å². The van der Waals surface area contributed by atoms with Crippen LogP contribution in [0.25, 0.3) is 0 Å². The second-order valence-electron chi connectivity index (χ2n) is 20.3. The van der Waals surface area contributed by atoms with Crippen LogP contribution in [0.2, 0.25) is 0 Å². The van der Waals surface area contributed by atoms with Gasteiger partial charge in [-0.05, 0) is 125 Å². The quantitative estimate of drug-likeness (QED) is 0.0322. The molecule has 0 aliphatic heterocycles. The molecule has 0 aromatic carbocycles. The Hall–Kier alpha value is -1.04. The highest BCUT2D eigenvalue weighted by Crippen LogP contribution is 2.69. The van der Waals surface area contributed by atoms with E-state index in [1.54, 1.807) is 0 Å². The number of ether oxygens (including phenoxy) is 2. The molecule has 0 bridgehead atoms. The van der Waals surface area contributed by atoms with Crippen molar-refractivity contribution in [2.75, 3.05) is 13.1 Å². The van der Waals surface area contributed by atoms with Crippen LogP contribution in [0.5, 0.6) is 0 Å². The highest BCUT2D eigenvalue weighted by molar-refractivity contribution is 7.69. The number of esters is 2. The van der Waals surface area contributed by atoms with E-state index < -0.39 is 90.9 Å². The molecule has 0 heterocycles. The molecule has 11 atom stereocenters. The second kappa shape index (κ2) is 24.6. The summed E-state index contributed by atoms with van der Waals surface area (Å²) in [6, 6.07) is 0. The molecule has 4 fully saturated rings. The topological polar surface area (TPSA) is 350 Å². The maximum atomic E-state index is 13.6. The summed E-state index contributed by atoms with van der Waals surface area (Å²) >= 11 is 0. The lowest BCUT2D eigenvalue weighted by Gasteiger charge is -2.63. The number of hydrogen-bond acceptors (Lipinski definition) is 16. The number of nitrogens with one attached hydrogen (secondary N) is 2. The van der Waals surface area contributed by atoms with Crippen molar-refractivity contribution >= 4 is 56.5 Å². The Morgan fingerprint density at radius 3 is 1.76 bits per heavy atom. The SMILES string of the molecule is CCCCCC[C@](C)(O)C1CCC2C3C[C@H](OC(=O)CCC(=O)NCCCC(O)(P(O)O)P(=O)(O)O)C4CC(OC(=O)CCC(=O)NCCCC(O)(P(O)O)P(O)O)CCC4(C)[C@H]3CCC21C. The third-order valence-corrected chi connectivity index (χ3v) is 22.2. The van der Waals surface area contributed by atoms with E-state index in [4.69, 9.17) is 9.47 Å². The Labute approximate surface area is 397 Å². The number of hydrogen-bond donors (Lipinski definition) is 13. The van der Waals surface area contributed by atoms with Crippen molar-refractivity contribution < 1.29 is 87.7 Å². The number of carbonyl (C=O) groups excluding carboxylic acids is 4. The summed E-state index contributed by atoms with van der Waals surface area (Å²) in [6.45, 7) is 8.56. The average molecular weight is 1030 g/mol. The van der Waals surface area contributed by atoms with Crippen LogP contribution in [0.4, 0.5) is 0 Å². The van der Waals surface area contributed by atoms with E-state index in [-0.39, 0.29) is 92.5 Å². The standard InChI is InChI=1S/C43H78N2O18P4/c1-5-6-7-8-19-41(4,50)34-12-11-30-29-27-33(63-38(49)16-14-36(47)45-25-10-21-43(52,66(57)58)67(59,60)61)32-26-28(17-22-39(32,2)31(29)18-23-40(30,34)3)62-37(48)15-13-35(46)44-24-9-20-42(51,64(53)54)65(55)56/h28-34,50-58H,5-27H2,1-4H3,(H,44,46)(H,45,47)(H2,59,60,61)/t28?,29?,30?,31-,32?,33-,34?,39?,40?,41-,43?/m0/s1. The number of amides is 2. The van der Waals surface area contributed by atoms with Crippen LogP contribution in [0.15, 0.2) is 0 Å². The molecule has 0 aromatic heterocycles. The third-order valence-electron chi connectivity index (χ3n) is 16.0. The molecule has 4 rings (SSSR count). The Morgan fingerprint density at radius 1 is 0.657 bits per heavy atom. The van der Waals surface area contributed by atoms with Crippen molar-refractivity contribution in [2.45, 2.75) is 191 Å². The highest BCUT2D eigenvalue weighted by atomic mass is 31.2. The fraction of sp³-hybridized carbons (Fsp3) is 0.907. The lowest BCUT2D eigenvalue weighted by atomic mass is 9.43. The molecule has 4 aliphatic carbocycles. The van der Waals surface area contributed by atoms with Crippen LogP contribution in [0.1, 0.15) is 163 Å². The molecule has 388 valence electrons. The van der Waals surface area contributed by atoms with Gasteiger partial charge in [0.25, 0.3) is 0 Å². The van der Waals surface area contributed by atoms with Gasteiger partial charge >= 0.3 is 19.5 Å². The summed E-state index contributed by atoms with van der Waals surface area (Å²) in [6.07, 6.45) is 7.73. The zero-order chi connectivity index (χ0) is 50.2. The third kappa shape index (κ3) is 14.3. The molecule has 24 heteroatoms. The normalized spacial score (nSPS) is 30.4. The first-order chi connectivity index (χ1) is 31.2. The van der Waals surface area contributed by atoms with Gasteiger partial charge < -0.3 is 74.6 Å². The molecule has 0 aromatic rings. The smallest absolute Gasteiger partial charge is 0.366 e. The van der Waals surface area contributed by atoms with Crippen molar-refractivity contribution in [2.24, 2.45) is 40.4 Å². The summed E-state index contributed by atoms with van der Waals surface area (Å²) in [5, 5.41) is 31.8. The Balaban J connectivity index is 1.42. The molecular formula is C43H78N2O18P4. The minimum Gasteiger partial charge on any atom is -0.462 e. The fourth-order valence-corrected chi connectivity index (χ4v) is 15.5. The number of carbonyl (C=O) groups is 4. The monoisotopic (exact) mass is 1030 g/mol. The average Bonchev–Trinajstić information content (AvgIpc) is 3.62. The minimum atomic E-state index is -5.30. The van der Waals surface area contributed by atoms with Crippen molar-refractivity contribution in [3.63, 3.8) is 0 Å². The van der Waals surface area contributed by atoms with Crippen molar-refractivity contribution in [1.82, 2.24) is 10.6 Å². The zero-order valence-electron chi connectivity index (χ0n) is 39.4. The minimum absolute atomic E-state index is 0.00504. The van der Waals surface area contributed by atoms with Gasteiger partial charge in [-0.3, -0.25) is 23.7 Å². The largest absolute Gasteiger partial charge is 0.462 e. The van der Waals surface area contributed by atoms with Gasteiger partial charge in [0.1, 0.15) is 12.2 Å². The van der Waals surface area contributed by atoms with Crippen molar-refractivity contribution in [3.05, 3.63) is 0 Å². The Morgan fingerprint density at radius 2 is 1.21 bits per heavy atom. The first-order valence-corrected chi connectivity index (χ1v) is 29.2. The molecule has 0 spiro atoms. The van der Waals surface area contributed by atoms with Crippen LogP contribution < -0.4 is 10.6 Å². The van der Waals surface area contributed by atoms with Crippen molar-refractivity contribution in [3.8, 4) is 0 Å². The molecule has 4 aliphatic rings. The van der Waals surface area contributed by atoms with Gasteiger partial charge in [-0.25, -0.2) is 0 Å². The maximum Gasteiger partial charge on any atom is 0.366 e. The van der Waals surface area contributed by atoms with E-state index in [1.807, 2.05) is 6.92 Å². The highest BCUT2D eigenvalue weighted by Gasteiger charge is 2.65. The van der Waals surface area contributed by atoms with E-state index in [9.17, 15) is 78.2 Å². The molecule has 4 saturated carbocycles. The summed E-state index contributed by atoms with van der Waals surface area (Å²) in [5.41, 5.74) is -1.22. The maximum absolute atomic E-state index is 13.6. The first kappa shape index (κ1) is 58.5. The summed E-state index contributed by atoms with van der Waals surface area (Å²) < 4.78 is 23.9. The Kier molecular flexibility index (Phi) is 21.5. The van der Waals surface area contributed by atoms with Gasteiger partial charge in [-0.1, -0.05) is 46.5 Å². The lowest BCUT2D eigenvalue weighted by Crippen LogP contribution is -2.60. The molecule has 67 heavy (non-hydrogen) atoms. The molecule has 0 saturated heterocycles. The van der Waals surface area contributed by atoms with Crippen LogP contribution in [0.3, 0.4) is 0 Å². The van der Waals surface area contributed by atoms with E-state index in [1.165, 1.54) is 0 Å². The molecule has 13 N–H and O–H groups in total. The van der Waals surface area contributed by atoms with Crippen molar-refractivity contribution in [1.29, 1.82) is 0 Å². The Bertz CT molecular complexity index is 1710. The zero-order valence-corrected chi connectivity index (χ0v) is 42.9. The second-order valence-corrected chi connectivity index (χ2v) is 26.8. The molecular weight excluding hydrogens is 956 g/mol. The van der Waals surface area contributed by atoms with Gasteiger partial charge in [0, 0.05) is 31.8 Å². The van der Waals surface area contributed by atoms with Gasteiger partial charge in [0.05, 0.1) is 18.4 Å². The summed E-state index contributed by atoms with van der Waals surface area (Å²) in [4.78, 5) is 127. The summed E-state index contributed by atoms with van der Waals surface area (Å²) in [5.74, 6) is -1.53. The lowest BCUT2D eigenvalue weighted by molar-refractivity contribution is -0.201. The van der Waals surface area contributed by atoms with Gasteiger partial charge in [-0.15, -0.1) is 0 Å². The van der Waals surface area contributed by atoms with Gasteiger partial charge in [0.2, 0.25) is 47.1 Å². The number of unbranched alkanes of at least 4 members (excludes halogenated alkanes) is 3. The van der Waals surface area contributed by atoms with Crippen LogP contribution in [0, 0.1) is 40.4 Å². The molecule has 2 amide bonds. The molecule has 0 radical (unpaired) electrons. The van der Waals surface area contributed by atoms with Crippen LogP contribution in [-0.4, -0.2) is 119 Å². The van der Waals surface area contributed by atoms with E-state index in [2.05, 4.69) is 31.4 Å². The van der Waals surface area contributed by atoms with E-state index >= 15 is 0 Å². The predicted octanol–water partition coefficient (Wildman–Crippen LogP) is 4.51. The van der Waals surface area contributed by atoms with E-state index in [0.29, 0.717) is 31.6 Å². The van der Waals surface area contributed by atoms with Gasteiger partial charge in [-0.2, -0.15) is 0 Å². The van der Waals surface area contributed by atoms with E-state index in [0.717, 1.165) is 57.8 Å². The summed E-state index contributed by atoms with van der Waals surface area (Å²) in [7, 11) is -14.8. The first-order valence-electron chi connectivity index (χ1n) is 23.8. The fourth-order valence-electron chi connectivity index (χ4n) is 12.4. The van der Waals surface area contributed by atoms with Crippen LogP contribution >= 0.6 is 32.7 Å². The number of fused-ring (bicyclic) bond motifs is 5. The number of aliphatic hydroxyl groups is 3. The van der Waals surface area contributed by atoms with Crippen LogP contribution in [-0.2, 0) is 33.2 Å². The molecule has 20 nitrogen and oxygen atoms in total. The number of rotatable bonds is 26. The molecule has 8 unspecified atom stereocenters.